The van der Waals surface area contributed by atoms with Crippen molar-refractivity contribution >= 4 is 17.5 Å². The van der Waals surface area contributed by atoms with Gasteiger partial charge in [-0.1, -0.05) is 6.92 Å². The van der Waals surface area contributed by atoms with E-state index in [0.717, 1.165) is 31.9 Å². The maximum absolute atomic E-state index is 11.9. The molecular weight excluding hydrogens is 268 g/mol. The minimum atomic E-state index is -0.400. The summed E-state index contributed by atoms with van der Waals surface area (Å²) in [5, 5.41) is 0. The number of rotatable bonds is 8. The van der Waals surface area contributed by atoms with Crippen LogP contribution in [0.15, 0.2) is 12.3 Å². The third-order valence-corrected chi connectivity index (χ3v) is 3.05. The molecular formula is C15H26N4O2. The lowest BCUT2D eigenvalue weighted by molar-refractivity contribution is 0.0527. The molecule has 6 nitrogen and oxygen atoms in total. The van der Waals surface area contributed by atoms with Gasteiger partial charge in [-0.3, -0.25) is 0 Å². The molecule has 1 aromatic heterocycles. The third kappa shape index (κ3) is 5.23. The summed E-state index contributed by atoms with van der Waals surface area (Å²) in [6.07, 6.45) is 2.54. The molecule has 6 heteroatoms. The molecule has 0 radical (unpaired) electrons. The molecule has 1 aromatic rings. The lowest BCUT2D eigenvalue weighted by Gasteiger charge is -2.25. The normalized spacial score (nSPS) is 10.7. The Kier molecular flexibility index (Phi) is 6.94. The quantitative estimate of drug-likeness (QED) is 0.735. The lowest BCUT2D eigenvalue weighted by Crippen LogP contribution is -2.33. The van der Waals surface area contributed by atoms with Gasteiger partial charge in [-0.05, 0) is 33.5 Å². The first kappa shape index (κ1) is 17.2. The Labute approximate surface area is 126 Å². The number of aromatic nitrogens is 1. The molecule has 21 heavy (non-hydrogen) atoms. The lowest BCUT2D eigenvalue weighted by atomic mass is 10.2. The number of esters is 1. The molecule has 0 aliphatic heterocycles. The summed E-state index contributed by atoms with van der Waals surface area (Å²) < 4.78 is 5.03. The summed E-state index contributed by atoms with van der Waals surface area (Å²) >= 11 is 0. The number of nitrogens with zero attached hydrogens (tertiary/aromatic N) is 3. The van der Waals surface area contributed by atoms with E-state index in [0.29, 0.717) is 17.9 Å². The van der Waals surface area contributed by atoms with Crippen molar-refractivity contribution < 1.29 is 9.53 Å². The van der Waals surface area contributed by atoms with Crippen LogP contribution in [0.3, 0.4) is 0 Å². The molecule has 0 aromatic carbocycles. The van der Waals surface area contributed by atoms with E-state index >= 15 is 0 Å². The Bertz CT molecular complexity index is 463. The molecule has 0 aliphatic carbocycles. The number of likely N-dealkylation sites (N-methyl/N-ethyl adjacent to an activating group) is 1. The Morgan fingerprint density at radius 1 is 1.29 bits per heavy atom. The number of hydrogen-bond acceptors (Lipinski definition) is 6. The molecule has 1 rings (SSSR count). The van der Waals surface area contributed by atoms with Crippen LogP contribution in [0.25, 0.3) is 0 Å². The van der Waals surface area contributed by atoms with Gasteiger partial charge < -0.3 is 20.3 Å². The summed E-state index contributed by atoms with van der Waals surface area (Å²) in [5.74, 6) is 0.360. The predicted octanol–water partition coefficient (Wildman–Crippen LogP) is 1.62. The smallest absolute Gasteiger partial charge is 0.340 e. The summed E-state index contributed by atoms with van der Waals surface area (Å²) in [4.78, 5) is 20.5. The van der Waals surface area contributed by atoms with E-state index < -0.39 is 5.97 Å². The molecule has 0 fully saturated rings. The van der Waals surface area contributed by atoms with Crippen LogP contribution < -0.4 is 10.6 Å². The second-order valence-corrected chi connectivity index (χ2v) is 5.14. The zero-order valence-electron chi connectivity index (χ0n) is 13.4. The fraction of sp³-hybridized carbons (Fsp3) is 0.600. The molecule has 1 heterocycles. The van der Waals surface area contributed by atoms with E-state index in [-0.39, 0.29) is 0 Å². The molecule has 2 N–H and O–H groups in total. The van der Waals surface area contributed by atoms with E-state index in [4.69, 9.17) is 10.5 Å². The predicted molar refractivity (Wildman–Crippen MR) is 85.7 cm³/mol. The minimum absolute atomic E-state index is 0.329. The van der Waals surface area contributed by atoms with Gasteiger partial charge in [0.1, 0.15) is 5.82 Å². The molecule has 0 bridgehead atoms. The molecule has 0 saturated carbocycles. The fourth-order valence-corrected chi connectivity index (χ4v) is 1.95. The fourth-order valence-electron chi connectivity index (χ4n) is 1.95. The zero-order valence-corrected chi connectivity index (χ0v) is 13.4. The van der Waals surface area contributed by atoms with Gasteiger partial charge >= 0.3 is 5.97 Å². The largest absolute Gasteiger partial charge is 0.462 e. The van der Waals surface area contributed by atoms with Crippen molar-refractivity contribution in [1.82, 2.24) is 9.88 Å². The van der Waals surface area contributed by atoms with Gasteiger partial charge in [0, 0.05) is 19.6 Å². The van der Waals surface area contributed by atoms with Crippen molar-refractivity contribution in [3.05, 3.63) is 17.8 Å². The highest BCUT2D eigenvalue weighted by atomic mass is 16.5. The number of ether oxygens (including phenoxy) is 1. The van der Waals surface area contributed by atoms with Crippen molar-refractivity contribution in [3.63, 3.8) is 0 Å². The molecule has 0 amide bonds. The first-order valence-corrected chi connectivity index (χ1v) is 7.31. The second-order valence-electron chi connectivity index (χ2n) is 5.14. The molecule has 0 atom stereocenters. The van der Waals surface area contributed by atoms with Crippen LogP contribution in [-0.2, 0) is 4.74 Å². The van der Waals surface area contributed by atoms with E-state index in [1.54, 1.807) is 13.0 Å². The van der Waals surface area contributed by atoms with Crippen LogP contribution in [0.1, 0.15) is 30.6 Å². The topological polar surface area (TPSA) is 71.7 Å². The van der Waals surface area contributed by atoms with E-state index in [1.165, 1.54) is 6.20 Å². The van der Waals surface area contributed by atoms with Gasteiger partial charge in [-0.2, -0.15) is 0 Å². The van der Waals surface area contributed by atoms with Crippen LogP contribution in [0.4, 0.5) is 11.5 Å². The Morgan fingerprint density at radius 2 is 2.00 bits per heavy atom. The van der Waals surface area contributed by atoms with Gasteiger partial charge in [-0.15, -0.1) is 0 Å². The van der Waals surface area contributed by atoms with Crippen LogP contribution in [0, 0.1) is 0 Å². The van der Waals surface area contributed by atoms with Gasteiger partial charge in [-0.25, -0.2) is 9.78 Å². The van der Waals surface area contributed by atoms with Crippen molar-refractivity contribution in [2.75, 3.05) is 51.0 Å². The molecule has 0 unspecified atom stereocenters. The number of carbonyl (C=O) groups is 1. The monoisotopic (exact) mass is 294 g/mol. The number of anilines is 2. The first-order chi connectivity index (χ1) is 9.99. The van der Waals surface area contributed by atoms with Gasteiger partial charge in [0.05, 0.1) is 24.1 Å². The van der Waals surface area contributed by atoms with E-state index in [1.807, 2.05) is 14.1 Å². The average Bonchev–Trinajstić information content (AvgIpc) is 2.44. The second kappa shape index (κ2) is 8.46. The maximum atomic E-state index is 11.9. The summed E-state index contributed by atoms with van der Waals surface area (Å²) in [6.45, 7) is 6.87. The number of nitrogen functional groups attached to an aromatic ring is 1. The Hall–Kier alpha value is -1.82. The highest BCUT2D eigenvalue weighted by molar-refractivity contribution is 5.95. The van der Waals surface area contributed by atoms with Gasteiger partial charge in [0.25, 0.3) is 0 Å². The van der Waals surface area contributed by atoms with Gasteiger partial charge in [0.2, 0.25) is 0 Å². The van der Waals surface area contributed by atoms with Crippen LogP contribution >= 0.6 is 0 Å². The van der Waals surface area contributed by atoms with Crippen molar-refractivity contribution in [3.8, 4) is 0 Å². The Morgan fingerprint density at radius 3 is 2.57 bits per heavy atom. The maximum Gasteiger partial charge on any atom is 0.340 e. The van der Waals surface area contributed by atoms with E-state index in [2.05, 4.69) is 21.7 Å². The van der Waals surface area contributed by atoms with Crippen LogP contribution in [-0.4, -0.2) is 56.2 Å². The number of hydrogen-bond donors (Lipinski definition) is 1. The molecule has 0 spiro atoms. The van der Waals surface area contributed by atoms with Crippen LogP contribution in [0.2, 0.25) is 0 Å². The number of nitrogens with two attached hydrogens (primary N) is 1. The van der Waals surface area contributed by atoms with E-state index in [9.17, 15) is 4.79 Å². The summed E-state index contributed by atoms with van der Waals surface area (Å²) in [7, 11) is 4.06. The summed E-state index contributed by atoms with van der Waals surface area (Å²) in [5.41, 5.74) is 6.56. The molecule has 118 valence electrons. The molecule has 0 saturated heterocycles. The number of carbonyl (C=O) groups excluding carboxylic acids is 1. The number of pyridine rings is 1. The zero-order chi connectivity index (χ0) is 15.8. The molecule has 0 aliphatic rings. The Balaban J connectivity index is 2.97. The van der Waals surface area contributed by atoms with Crippen molar-refractivity contribution in [2.45, 2.75) is 20.3 Å². The van der Waals surface area contributed by atoms with Gasteiger partial charge in [0.15, 0.2) is 0 Å². The third-order valence-electron chi connectivity index (χ3n) is 3.05. The standard InChI is InChI=1S/C15H26N4O2/c1-5-7-19(9-8-18(3)4)14-10-12(13(16)11-17-14)15(20)21-6-2/h10-11H,5-9,16H2,1-4H3. The SMILES string of the molecule is CCCN(CCN(C)C)c1cc(C(=O)OCC)c(N)cn1. The highest BCUT2D eigenvalue weighted by Crippen LogP contribution is 2.19. The highest BCUT2D eigenvalue weighted by Gasteiger charge is 2.15. The first-order valence-electron chi connectivity index (χ1n) is 7.31. The van der Waals surface area contributed by atoms with Crippen molar-refractivity contribution in [2.24, 2.45) is 0 Å². The average molecular weight is 294 g/mol. The van der Waals surface area contributed by atoms with Crippen molar-refractivity contribution in [1.29, 1.82) is 0 Å². The minimum Gasteiger partial charge on any atom is -0.462 e. The van der Waals surface area contributed by atoms with Crippen LogP contribution in [0.5, 0.6) is 0 Å². The summed E-state index contributed by atoms with van der Waals surface area (Å²) in [6, 6.07) is 1.72.